The summed E-state index contributed by atoms with van der Waals surface area (Å²) in [7, 11) is 1.30. The maximum absolute atomic E-state index is 13.6. The highest BCUT2D eigenvalue weighted by molar-refractivity contribution is 7.98. The van der Waals surface area contributed by atoms with Gasteiger partial charge in [-0.05, 0) is 36.4 Å². The molecule has 2 aromatic heterocycles. The molecule has 27 heavy (non-hydrogen) atoms. The van der Waals surface area contributed by atoms with Gasteiger partial charge in [0.2, 0.25) is 5.88 Å². The number of hydrogen-bond donors (Lipinski definition) is 0. The Bertz CT molecular complexity index is 974. The van der Waals surface area contributed by atoms with E-state index in [0.717, 1.165) is 17.7 Å². The number of halogens is 1. The monoisotopic (exact) mass is 389 g/mol. The van der Waals surface area contributed by atoms with Crippen molar-refractivity contribution in [1.82, 2.24) is 14.5 Å². The zero-order valence-corrected chi connectivity index (χ0v) is 16.2. The van der Waals surface area contributed by atoms with E-state index >= 15 is 0 Å². The van der Waals surface area contributed by atoms with Gasteiger partial charge in [-0.1, -0.05) is 30.8 Å². The van der Waals surface area contributed by atoms with Crippen LogP contribution in [-0.4, -0.2) is 40.5 Å². The van der Waals surface area contributed by atoms with Crippen LogP contribution in [0, 0.1) is 5.82 Å². The van der Waals surface area contributed by atoms with Crippen LogP contribution in [0.4, 0.5) is 4.39 Å². The van der Waals surface area contributed by atoms with E-state index in [4.69, 9.17) is 4.74 Å². The molecule has 2 heterocycles. The molecular formula is C19H20FN3O3S. The Labute approximate surface area is 160 Å². The zero-order chi connectivity index (χ0) is 19.4. The first-order valence-corrected chi connectivity index (χ1v) is 9.66. The second-order valence-electron chi connectivity index (χ2n) is 5.82. The van der Waals surface area contributed by atoms with Crippen LogP contribution in [0.2, 0.25) is 0 Å². The molecule has 0 radical (unpaired) electrons. The third-order valence-electron chi connectivity index (χ3n) is 4.11. The van der Waals surface area contributed by atoms with Crippen molar-refractivity contribution in [2.75, 3.05) is 20.0 Å². The van der Waals surface area contributed by atoms with Gasteiger partial charge in [0.05, 0.1) is 12.5 Å². The van der Waals surface area contributed by atoms with Gasteiger partial charge in [-0.3, -0.25) is 0 Å². The molecule has 0 spiro atoms. The highest BCUT2D eigenvalue weighted by Gasteiger charge is 2.17. The molecule has 3 rings (SSSR count). The van der Waals surface area contributed by atoms with Crippen LogP contribution in [0.3, 0.4) is 0 Å². The molecule has 142 valence electrons. The standard InChI is InChI=1S/C19H20FN3O3S/c1-4-14-9-15-17(23(14)10-12-6-5-7-13(20)8-12)21-19(27-3)22-18(15)26-11-16(24)25-2/h5-9H,4,10-11H2,1-3H3. The predicted octanol–water partition coefficient (Wildman–Crippen LogP) is 3.45. The lowest BCUT2D eigenvalue weighted by Gasteiger charge is -2.11. The van der Waals surface area contributed by atoms with Gasteiger partial charge in [-0.25, -0.2) is 14.2 Å². The molecule has 0 fully saturated rings. The van der Waals surface area contributed by atoms with E-state index in [-0.39, 0.29) is 12.4 Å². The number of aromatic nitrogens is 3. The Morgan fingerprint density at radius 1 is 1.30 bits per heavy atom. The van der Waals surface area contributed by atoms with E-state index in [1.54, 1.807) is 6.07 Å². The van der Waals surface area contributed by atoms with Crippen molar-refractivity contribution in [3.63, 3.8) is 0 Å². The lowest BCUT2D eigenvalue weighted by molar-refractivity contribution is -0.143. The molecule has 0 bridgehead atoms. The summed E-state index contributed by atoms with van der Waals surface area (Å²) in [5.74, 6) is -0.423. The second kappa shape index (κ2) is 8.39. The summed E-state index contributed by atoms with van der Waals surface area (Å²) in [6.45, 7) is 2.28. The molecule has 0 aliphatic heterocycles. The summed E-state index contributed by atoms with van der Waals surface area (Å²) in [5.41, 5.74) is 2.55. The maximum Gasteiger partial charge on any atom is 0.343 e. The number of fused-ring (bicyclic) bond motifs is 1. The molecular weight excluding hydrogens is 369 g/mol. The van der Waals surface area contributed by atoms with E-state index in [0.29, 0.717) is 28.6 Å². The molecule has 0 aliphatic carbocycles. The smallest absolute Gasteiger partial charge is 0.343 e. The van der Waals surface area contributed by atoms with Gasteiger partial charge in [-0.15, -0.1) is 0 Å². The Hall–Kier alpha value is -2.61. The molecule has 0 saturated heterocycles. The highest BCUT2D eigenvalue weighted by atomic mass is 32.2. The maximum atomic E-state index is 13.6. The third-order valence-corrected chi connectivity index (χ3v) is 4.66. The number of ether oxygens (including phenoxy) is 2. The van der Waals surface area contributed by atoms with Gasteiger partial charge in [0.25, 0.3) is 0 Å². The number of esters is 1. The lowest BCUT2D eigenvalue weighted by Crippen LogP contribution is -2.13. The van der Waals surface area contributed by atoms with E-state index in [2.05, 4.69) is 14.7 Å². The number of carbonyl (C=O) groups excluding carboxylic acids is 1. The first-order valence-electron chi connectivity index (χ1n) is 8.44. The van der Waals surface area contributed by atoms with Crippen LogP contribution in [0.25, 0.3) is 11.0 Å². The number of benzene rings is 1. The molecule has 6 nitrogen and oxygen atoms in total. The van der Waals surface area contributed by atoms with Crippen LogP contribution in [0.5, 0.6) is 5.88 Å². The lowest BCUT2D eigenvalue weighted by atomic mass is 10.2. The minimum absolute atomic E-state index is 0.229. The van der Waals surface area contributed by atoms with Gasteiger partial charge in [0.15, 0.2) is 11.8 Å². The minimum atomic E-state index is -0.484. The van der Waals surface area contributed by atoms with E-state index in [1.807, 2.05) is 29.9 Å². The first-order chi connectivity index (χ1) is 13.0. The largest absolute Gasteiger partial charge is 0.466 e. The van der Waals surface area contributed by atoms with Crippen molar-refractivity contribution in [3.8, 4) is 5.88 Å². The van der Waals surface area contributed by atoms with E-state index in [9.17, 15) is 9.18 Å². The molecule has 0 saturated carbocycles. The molecule has 0 unspecified atom stereocenters. The number of nitrogens with zero attached hydrogens (tertiary/aromatic N) is 3. The summed E-state index contributed by atoms with van der Waals surface area (Å²) in [5, 5.41) is 1.24. The first kappa shape index (κ1) is 19.2. The van der Waals surface area contributed by atoms with Crippen molar-refractivity contribution < 1.29 is 18.7 Å². The minimum Gasteiger partial charge on any atom is -0.466 e. The van der Waals surface area contributed by atoms with Crippen molar-refractivity contribution in [2.45, 2.75) is 25.0 Å². The molecule has 0 amide bonds. The van der Waals surface area contributed by atoms with Crippen molar-refractivity contribution in [2.24, 2.45) is 0 Å². The van der Waals surface area contributed by atoms with Gasteiger partial charge < -0.3 is 14.0 Å². The fourth-order valence-electron chi connectivity index (χ4n) is 2.81. The fraction of sp³-hybridized carbons (Fsp3) is 0.316. The summed E-state index contributed by atoms with van der Waals surface area (Å²) in [6, 6.07) is 8.45. The number of hydrogen-bond acceptors (Lipinski definition) is 6. The summed E-state index contributed by atoms with van der Waals surface area (Å²) >= 11 is 1.38. The van der Waals surface area contributed by atoms with E-state index < -0.39 is 5.97 Å². The number of methoxy groups -OCH3 is 1. The number of rotatable bonds is 7. The Morgan fingerprint density at radius 2 is 2.11 bits per heavy atom. The fourth-order valence-corrected chi connectivity index (χ4v) is 3.16. The Kier molecular flexibility index (Phi) is 5.95. The molecule has 0 aliphatic rings. The van der Waals surface area contributed by atoms with Crippen LogP contribution in [0.1, 0.15) is 18.2 Å². The van der Waals surface area contributed by atoms with Gasteiger partial charge >= 0.3 is 5.97 Å². The summed E-state index contributed by atoms with van der Waals surface area (Å²) in [6.07, 6.45) is 2.63. The quantitative estimate of drug-likeness (QED) is 0.350. The highest BCUT2D eigenvalue weighted by Crippen LogP contribution is 2.29. The topological polar surface area (TPSA) is 66.2 Å². The molecule has 3 aromatic rings. The Balaban J connectivity index is 2.08. The Morgan fingerprint density at radius 3 is 2.78 bits per heavy atom. The summed E-state index contributed by atoms with van der Waals surface area (Å²) < 4.78 is 25.8. The molecule has 0 atom stereocenters. The number of carbonyl (C=O) groups is 1. The zero-order valence-electron chi connectivity index (χ0n) is 15.4. The van der Waals surface area contributed by atoms with Crippen LogP contribution < -0.4 is 4.74 Å². The SMILES string of the molecule is CCc1cc2c(OCC(=O)OC)nc(SC)nc2n1Cc1cccc(F)c1. The van der Waals surface area contributed by atoms with Crippen molar-refractivity contribution in [1.29, 1.82) is 0 Å². The van der Waals surface area contributed by atoms with Gasteiger partial charge in [0.1, 0.15) is 11.5 Å². The van der Waals surface area contributed by atoms with Crippen LogP contribution in [-0.2, 0) is 22.5 Å². The third kappa shape index (κ3) is 4.21. The van der Waals surface area contributed by atoms with Crippen LogP contribution >= 0.6 is 11.8 Å². The summed E-state index contributed by atoms with van der Waals surface area (Å²) in [4.78, 5) is 20.4. The van der Waals surface area contributed by atoms with Crippen molar-refractivity contribution >= 4 is 28.8 Å². The predicted molar refractivity (Wildman–Crippen MR) is 102 cm³/mol. The average molecular weight is 389 g/mol. The average Bonchev–Trinajstić information content (AvgIpc) is 3.03. The molecule has 1 aromatic carbocycles. The molecule has 0 N–H and O–H groups in total. The van der Waals surface area contributed by atoms with Gasteiger partial charge in [-0.2, -0.15) is 4.98 Å². The normalized spacial score (nSPS) is 11.0. The number of thioether (sulfide) groups is 1. The number of aryl methyl sites for hydroxylation is 1. The second-order valence-corrected chi connectivity index (χ2v) is 6.60. The van der Waals surface area contributed by atoms with Crippen molar-refractivity contribution in [3.05, 3.63) is 47.4 Å². The van der Waals surface area contributed by atoms with E-state index in [1.165, 1.54) is 31.0 Å². The van der Waals surface area contributed by atoms with Crippen LogP contribution in [0.15, 0.2) is 35.5 Å². The van der Waals surface area contributed by atoms with Gasteiger partial charge in [0, 0.05) is 12.2 Å². The molecule has 8 heteroatoms.